The third-order valence-corrected chi connectivity index (χ3v) is 5.51. The monoisotopic (exact) mass is 459 g/mol. The number of phenols is 1. The van der Waals surface area contributed by atoms with Crippen LogP contribution >= 0.6 is 0 Å². The summed E-state index contributed by atoms with van der Waals surface area (Å²) >= 11 is 0. The van der Waals surface area contributed by atoms with Gasteiger partial charge in [0.2, 0.25) is 5.89 Å². The lowest BCUT2D eigenvalue weighted by atomic mass is 9.78. The average molecular weight is 460 g/mol. The van der Waals surface area contributed by atoms with Crippen LogP contribution in [-0.2, 0) is 10.8 Å². The highest BCUT2D eigenvalue weighted by Gasteiger charge is 2.28. The molecule has 7 nitrogen and oxygen atoms in total. The van der Waals surface area contributed by atoms with Gasteiger partial charge in [-0.05, 0) is 53.3 Å². The van der Waals surface area contributed by atoms with E-state index < -0.39 is 0 Å². The number of carbonyl (C=O) groups excluding carboxylic acids is 1. The molecule has 7 heteroatoms. The van der Waals surface area contributed by atoms with Gasteiger partial charge in [-0.3, -0.25) is 4.79 Å². The third kappa shape index (κ3) is 4.73. The zero-order valence-corrected chi connectivity index (χ0v) is 20.3. The molecule has 0 aliphatic carbocycles. The molecule has 0 bridgehead atoms. The van der Waals surface area contributed by atoms with E-state index in [1.165, 1.54) is 6.26 Å². The molecule has 176 valence electrons. The second kappa shape index (κ2) is 8.48. The van der Waals surface area contributed by atoms with Crippen LogP contribution in [0.3, 0.4) is 0 Å². The number of aromatic hydroxyl groups is 1. The van der Waals surface area contributed by atoms with E-state index in [1.54, 1.807) is 42.5 Å². The summed E-state index contributed by atoms with van der Waals surface area (Å²) in [6.45, 7) is 12.1. The van der Waals surface area contributed by atoms with Crippen LogP contribution in [-0.4, -0.2) is 21.2 Å². The molecule has 0 aliphatic rings. The quantitative estimate of drug-likeness (QED) is 0.359. The van der Waals surface area contributed by atoms with E-state index in [-0.39, 0.29) is 28.4 Å². The number of hydrogen-bond acceptors (Lipinski definition) is 6. The van der Waals surface area contributed by atoms with Crippen molar-refractivity contribution in [3.63, 3.8) is 0 Å². The molecule has 2 aromatic carbocycles. The van der Waals surface area contributed by atoms with Gasteiger partial charge in [0.25, 0.3) is 11.8 Å². The number of benzene rings is 2. The second-order valence-corrected chi connectivity index (χ2v) is 10.3. The molecule has 0 spiro atoms. The van der Waals surface area contributed by atoms with Gasteiger partial charge in [0.1, 0.15) is 5.75 Å². The molecular formula is C27H29N3O4. The molecule has 2 N–H and O–H groups in total. The van der Waals surface area contributed by atoms with E-state index in [0.717, 1.165) is 11.1 Å². The maximum absolute atomic E-state index is 13.2. The predicted molar refractivity (Wildman–Crippen MR) is 131 cm³/mol. The first-order valence-electron chi connectivity index (χ1n) is 11.1. The maximum Gasteiger partial charge on any atom is 0.283 e. The summed E-state index contributed by atoms with van der Waals surface area (Å²) in [6.07, 6.45) is 1.54. The topological polar surface area (TPSA) is 101 Å². The van der Waals surface area contributed by atoms with Gasteiger partial charge < -0.3 is 19.3 Å². The molecular weight excluding hydrogens is 430 g/mol. The molecule has 0 aliphatic heterocycles. The number of nitrogens with one attached hydrogen (secondary N) is 1. The lowest BCUT2D eigenvalue weighted by molar-refractivity contribution is 0.102. The van der Waals surface area contributed by atoms with E-state index in [1.807, 2.05) is 47.6 Å². The van der Waals surface area contributed by atoms with Crippen molar-refractivity contribution < 1.29 is 18.7 Å². The molecule has 0 saturated carbocycles. The largest absolute Gasteiger partial charge is 0.507 e. The Kier molecular flexibility index (Phi) is 5.81. The Labute approximate surface area is 198 Å². The maximum atomic E-state index is 13.2. The molecule has 4 rings (SSSR count). The van der Waals surface area contributed by atoms with Crippen molar-refractivity contribution in [1.29, 1.82) is 0 Å². The van der Waals surface area contributed by atoms with Crippen molar-refractivity contribution in [2.45, 2.75) is 52.4 Å². The van der Waals surface area contributed by atoms with E-state index in [4.69, 9.17) is 8.83 Å². The summed E-state index contributed by atoms with van der Waals surface area (Å²) in [5.41, 5.74) is 2.54. The molecule has 0 unspecified atom stereocenters. The first-order valence-corrected chi connectivity index (χ1v) is 11.1. The van der Waals surface area contributed by atoms with Crippen LogP contribution in [0.5, 0.6) is 5.75 Å². The first-order chi connectivity index (χ1) is 15.9. The summed E-state index contributed by atoms with van der Waals surface area (Å²) in [4.78, 5) is 13.2. The predicted octanol–water partition coefficient (Wildman–Crippen LogP) is 6.55. The minimum Gasteiger partial charge on any atom is -0.507 e. The van der Waals surface area contributed by atoms with Crippen LogP contribution in [0.1, 0.15) is 63.0 Å². The summed E-state index contributed by atoms with van der Waals surface area (Å²) in [5, 5.41) is 22.0. The van der Waals surface area contributed by atoms with Gasteiger partial charge in [0.05, 0.1) is 6.26 Å². The van der Waals surface area contributed by atoms with Crippen molar-refractivity contribution >= 4 is 11.6 Å². The van der Waals surface area contributed by atoms with Crippen LogP contribution in [0.25, 0.3) is 23.1 Å². The lowest BCUT2D eigenvalue weighted by Gasteiger charge is -2.28. The zero-order valence-electron chi connectivity index (χ0n) is 20.3. The molecule has 34 heavy (non-hydrogen) atoms. The molecule has 0 fully saturated rings. The van der Waals surface area contributed by atoms with Gasteiger partial charge in [-0.2, -0.15) is 0 Å². The highest BCUT2D eigenvalue weighted by atomic mass is 16.4. The molecule has 4 aromatic rings. The normalized spacial score (nSPS) is 12.1. The molecule has 0 saturated heterocycles. The average Bonchev–Trinajstić information content (AvgIpc) is 3.44. The van der Waals surface area contributed by atoms with Crippen molar-refractivity contribution in [3.8, 4) is 28.9 Å². The second-order valence-electron chi connectivity index (χ2n) is 10.3. The van der Waals surface area contributed by atoms with Gasteiger partial charge in [0, 0.05) is 27.9 Å². The number of aromatic nitrogens is 2. The van der Waals surface area contributed by atoms with Crippen molar-refractivity contribution in [3.05, 3.63) is 71.5 Å². The number of amides is 1. The Morgan fingerprint density at radius 3 is 2.12 bits per heavy atom. The number of phenolic OH excluding ortho intramolecular Hbond substituents is 1. The van der Waals surface area contributed by atoms with E-state index in [2.05, 4.69) is 15.5 Å². The SMILES string of the molecule is CC(C)(C)c1cc(C(=O)Nc2cccc(-c3nnc(-c4ccco4)o3)c2)cc(C(C)(C)C)c1O. The van der Waals surface area contributed by atoms with E-state index in [9.17, 15) is 9.90 Å². The van der Waals surface area contributed by atoms with Crippen LogP contribution < -0.4 is 5.32 Å². The molecule has 2 heterocycles. The van der Waals surface area contributed by atoms with Gasteiger partial charge >= 0.3 is 0 Å². The zero-order chi connectivity index (χ0) is 24.7. The van der Waals surface area contributed by atoms with Gasteiger partial charge in [-0.25, -0.2) is 0 Å². The fourth-order valence-corrected chi connectivity index (χ4v) is 3.68. The molecule has 1 amide bonds. The van der Waals surface area contributed by atoms with Gasteiger partial charge in [-0.1, -0.05) is 47.6 Å². The van der Waals surface area contributed by atoms with Crippen LogP contribution in [0.15, 0.2) is 63.6 Å². The summed E-state index contributed by atoms with van der Waals surface area (Å²) in [7, 11) is 0. The van der Waals surface area contributed by atoms with Crippen LogP contribution in [0.2, 0.25) is 0 Å². The summed E-state index contributed by atoms with van der Waals surface area (Å²) < 4.78 is 11.0. The number of anilines is 1. The van der Waals surface area contributed by atoms with Crippen LogP contribution in [0, 0.1) is 0 Å². The number of rotatable bonds is 4. The van der Waals surface area contributed by atoms with Crippen molar-refractivity contribution in [2.24, 2.45) is 0 Å². The summed E-state index contributed by atoms with van der Waals surface area (Å²) in [5.74, 6) is 1.05. The number of furan rings is 1. The molecule has 0 atom stereocenters. The third-order valence-electron chi connectivity index (χ3n) is 5.51. The van der Waals surface area contributed by atoms with Crippen LogP contribution in [0.4, 0.5) is 5.69 Å². The highest BCUT2D eigenvalue weighted by Crippen LogP contribution is 2.40. The van der Waals surface area contributed by atoms with E-state index >= 15 is 0 Å². The Bertz CT molecular complexity index is 1290. The van der Waals surface area contributed by atoms with Gasteiger partial charge in [-0.15, -0.1) is 10.2 Å². The summed E-state index contributed by atoms with van der Waals surface area (Å²) in [6, 6.07) is 14.2. The Balaban J connectivity index is 1.64. The minimum absolute atomic E-state index is 0.238. The van der Waals surface area contributed by atoms with Crippen molar-refractivity contribution in [2.75, 3.05) is 5.32 Å². The lowest BCUT2D eigenvalue weighted by Crippen LogP contribution is -2.20. The molecule has 2 aromatic heterocycles. The fourth-order valence-electron chi connectivity index (χ4n) is 3.68. The smallest absolute Gasteiger partial charge is 0.283 e. The number of nitrogens with zero attached hydrogens (tertiary/aromatic N) is 2. The highest BCUT2D eigenvalue weighted by molar-refractivity contribution is 6.05. The fraction of sp³-hybridized carbons (Fsp3) is 0.296. The Hall–Kier alpha value is -3.87. The molecule has 0 radical (unpaired) electrons. The Morgan fingerprint density at radius 1 is 0.882 bits per heavy atom. The minimum atomic E-state index is -0.329. The Morgan fingerprint density at radius 2 is 1.53 bits per heavy atom. The number of carbonyl (C=O) groups is 1. The van der Waals surface area contributed by atoms with E-state index in [0.29, 0.717) is 28.5 Å². The standard InChI is InChI=1S/C27H29N3O4/c1-26(2,3)19-14-17(15-20(22(19)31)27(4,5)6)23(32)28-18-10-7-9-16(13-18)24-29-30-25(34-24)21-11-8-12-33-21/h7-15,31H,1-6H3,(H,28,32). The van der Waals surface area contributed by atoms with Crippen molar-refractivity contribution in [1.82, 2.24) is 10.2 Å². The van der Waals surface area contributed by atoms with Gasteiger partial charge in [0.15, 0.2) is 5.76 Å². The number of hydrogen-bond donors (Lipinski definition) is 2. The first kappa shape index (κ1) is 23.3.